The van der Waals surface area contributed by atoms with Crippen molar-refractivity contribution < 1.29 is 14.7 Å². The zero-order valence-electron chi connectivity index (χ0n) is 11.4. The highest BCUT2D eigenvalue weighted by molar-refractivity contribution is 9.10. The smallest absolute Gasteiger partial charge is 0.308 e. The topological polar surface area (TPSA) is 66.4 Å². The van der Waals surface area contributed by atoms with Gasteiger partial charge in [0.2, 0.25) is 0 Å². The van der Waals surface area contributed by atoms with Crippen LogP contribution in [-0.2, 0) is 4.79 Å². The number of aliphatic carboxylic acids is 1. The molecule has 1 aromatic rings. The number of halogens is 2. The van der Waals surface area contributed by atoms with Crippen LogP contribution in [0.2, 0.25) is 5.02 Å². The molecule has 6 heteroatoms. The van der Waals surface area contributed by atoms with Gasteiger partial charge in [-0.1, -0.05) is 30.9 Å². The van der Waals surface area contributed by atoms with Gasteiger partial charge in [0, 0.05) is 15.5 Å². The Labute approximate surface area is 137 Å². The number of benzene rings is 1. The second kappa shape index (κ2) is 7.27. The summed E-state index contributed by atoms with van der Waals surface area (Å²) in [5, 5.41) is 12.7. The SMILES string of the molecule is O=C(NC1CCCCCC1C(=O)O)c1cc(Cl)ccc1Br. The fourth-order valence-electron chi connectivity index (χ4n) is 2.69. The van der Waals surface area contributed by atoms with Crippen LogP contribution in [0, 0.1) is 5.92 Å². The Morgan fingerprint density at radius 3 is 2.67 bits per heavy atom. The molecule has 0 bridgehead atoms. The Bertz CT molecular complexity index is 550. The maximum Gasteiger partial charge on any atom is 0.308 e. The van der Waals surface area contributed by atoms with Gasteiger partial charge in [-0.15, -0.1) is 0 Å². The van der Waals surface area contributed by atoms with Gasteiger partial charge in [-0.05, 0) is 47.0 Å². The summed E-state index contributed by atoms with van der Waals surface area (Å²) >= 11 is 9.23. The summed E-state index contributed by atoms with van der Waals surface area (Å²) in [7, 11) is 0. The highest BCUT2D eigenvalue weighted by Crippen LogP contribution is 2.26. The number of amides is 1. The van der Waals surface area contributed by atoms with Crippen molar-refractivity contribution in [3.05, 3.63) is 33.3 Å². The van der Waals surface area contributed by atoms with Crippen LogP contribution in [0.4, 0.5) is 0 Å². The summed E-state index contributed by atoms with van der Waals surface area (Å²) in [5.41, 5.74) is 0.427. The molecule has 4 nitrogen and oxygen atoms in total. The normalized spacial score (nSPS) is 22.4. The van der Waals surface area contributed by atoms with E-state index in [0.717, 1.165) is 19.3 Å². The van der Waals surface area contributed by atoms with E-state index in [2.05, 4.69) is 21.2 Å². The second-order valence-corrected chi connectivity index (χ2v) is 6.58. The van der Waals surface area contributed by atoms with Gasteiger partial charge in [0.25, 0.3) is 5.91 Å². The molecule has 2 N–H and O–H groups in total. The lowest BCUT2D eigenvalue weighted by Crippen LogP contribution is -2.42. The summed E-state index contributed by atoms with van der Waals surface area (Å²) in [5.74, 6) is -1.65. The first-order chi connectivity index (χ1) is 9.99. The highest BCUT2D eigenvalue weighted by Gasteiger charge is 2.31. The molecule has 0 saturated heterocycles. The first-order valence-corrected chi connectivity index (χ1v) is 8.15. The van der Waals surface area contributed by atoms with E-state index < -0.39 is 11.9 Å². The van der Waals surface area contributed by atoms with Crippen LogP contribution in [0.3, 0.4) is 0 Å². The summed E-state index contributed by atoms with van der Waals surface area (Å²) in [6, 6.07) is 4.64. The quantitative estimate of drug-likeness (QED) is 0.789. The van der Waals surface area contributed by atoms with Gasteiger partial charge >= 0.3 is 5.97 Å². The summed E-state index contributed by atoms with van der Waals surface area (Å²) in [6.07, 6.45) is 4.14. The van der Waals surface area contributed by atoms with Crippen molar-refractivity contribution in [2.75, 3.05) is 0 Å². The van der Waals surface area contributed by atoms with E-state index in [0.29, 0.717) is 27.9 Å². The van der Waals surface area contributed by atoms with E-state index in [1.54, 1.807) is 18.2 Å². The molecule has 0 heterocycles. The Hall–Kier alpha value is -1.07. The van der Waals surface area contributed by atoms with Gasteiger partial charge in [-0.3, -0.25) is 9.59 Å². The van der Waals surface area contributed by atoms with Crippen molar-refractivity contribution in [1.29, 1.82) is 0 Å². The average molecular weight is 375 g/mol. The van der Waals surface area contributed by atoms with Gasteiger partial charge < -0.3 is 10.4 Å². The van der Waals surface area contributed by atoms with E-state index in [9.17, 15) is 14.7 Å². The minimum Gasteiger partial charge on any atom is -0.481 e. The van der Waals surface area contributed by atoms with Gasteiger partial charge in [0.1, 0.15) is 0 Å². The van der Waals surface area contributed by atoms with Crippen LogP contribution in [0.25, 0.3) is 0 Å². The van der Waals surface area contributed by atoms with E-state index in [4.69, 9.17) is 11.6 Å². The highest BCUT2D eigenvalue weighted by atomic mass is 79.9. The first-order valence-electron chi connectivity index (χ1n) is 6.98. The Balaban J connectivity index is 2.16. The van der Waals surface area contributed by atoms with Gasteiger partial charge in [0.05, 0.1) is 11.5 Å². The molecule has 1 saturated carbocycles. The van der Waals surface area contributed by atoms with E-state index >= 15 is 0 Å². The summed E-state index contributed by atoms with van der Waals surface area (Å²) < 4.78 is 0.643. The van der Waals surface area contributed by atoms with Crippen LogP contribution >= 0.6 is 27.5 Å². The third kappa shape index (κ3) is 4.20. The maximum atomic E-state index is 12.4. The molecular formula is C15H17BrClNO3. The van der Waals surface area contributed by atoms with Crippen LogP contribution in [0.15, 0.2) is 22.7 Å². The molecular weight excluding hydrogens is 358 g/mol. The van der Waals surface area contributed by atoms with Crippen LogP contribution in [0.1, 0.15) is 42.5 Å². The number of hydrogen-bond acceptors (Lipinski definition) is 2. The Morgan fingerprint density at radius 2 is 1.95 bits per heavy atom. The fraction of sp³-hybridized carbons (Fsp3) is 0.467. The fourth-order valence-corrected chi connectivity index (χ4v) is 3.29. The molecule has 21 heavy (non-hydrogen) atoms. The lowest BCUT2D eigenvalue weighted by Gasteiger charge is -2.23. The molecule has 0 spiro atoms. The minimum atomic E-state index is -0.840. The number of nitrogens with one attached hydrogen (secondary N) is 1. The molecule has 1 aliphatic carbocycles. The third-order valence-electron chi connectivity index (χ3n) is 3.82. The third-order valence-corrected chi connectivity index (χ3v) is 4.75. The van der Waals surface area contributed by atoms with E-state index in [-0.39, 0.29) is 11.9 Å². The minimum absolute atomic E-state index is 0.289. The molecule has 1 fully saturated rings. The molecule has 2 rings (SSSR count). The van der Waals surface area contributed by atoms with Crippen LogP contribution in [0.5, 0.6) is 0 Å². The Morgan fingerprint density at radius 1 is 1.24 bits per heavy atom. The van der Waals surface area contributed by atoms with Crippen molar-refractivity contribution >= 4 is 39.4 Å². The number of carbonyl (C=O) groups is 2. The van der Waals surface area contributed by atoms with Crippen molar-refractivity contribution in [3.8, 4) is 0 Å². The summed E-state index contributed by atoms with van der Waals surface area (Å²) in [6.45, 7) is 0. The standard InChI is InChI=1S/C15H17BrClNO3/c16-12-7-6-9(17)8-11(12)14(19)18-13-5-3-1-2-4-10(13)15(20)21/h6-8,10,13H,1-5H2,(H,18,19)(H,20,21). The van der Waals surface area contributed by atoms with E-state index in [1.165, 1.54) is 0 Å². The number of rotatable bonds is 3. The van der Waals surface area contributed by atoms with Gasteiger partial charge in [-0.25, -0.2) is 0 Å². The summed E-state index contributed by atoms with van der Waals surface area (Å²) in [4.78, 5) is 23.7. The zero-order chi connectivity index (χ0) is 15.4. The maximum absolute atomic E-state index is 12.4. The van der Waals surface area contributed by atoms with Crippen LogP contribution in [-0.4, -0.2) is 23.0 Å². The molecule has 1 aromatic carbocycles. The molecule has 2 unspecified atom stereocenters. The molecule has 114 valence electrons. The lowest BCUT2D eigenvalue weighted by atomic mass is 9.94. The number of carboxylic acid groups (broad SMARTS) is 1. The molecule has 1 aliphatic rings. The molecule has 0 aromatic heterocycles. The molecule has 0 aliphatic heterocycles. The molecule has 1 amide bonds. The zero-order valence-corrected chi connectivity index (χ0v) is 13.8. The number of carboxylic acids is 1. The monoisotopic (exact) mass is 373 g/mol. The van der Waals surface area contributed by atoms with Crippen molar-refractivity contribution in [1.82, 2.24) is 5.32 Å². The molecule has 2 atom stereocenters. The Kier molecular flexibility index (Phi) is 5.65. The molecule has 0 radical (unpaired) electrons. The van der Waals surface area contributed by atoms with Gasteiger partial charge in [0.15, 0.2) is 0 Å². The second-order valence-electron chi connectivity index (χ2n) is 5.29. The van der Waals surface area contributed by atoms with Crippen molar-refractivity contribution in [2.24, 2.45) is 5.92 Å². The predicted molar refractivity (Wildman–Crippen MR) is 84.6 cm³/mol. The van der Waals surface area contributed by atoms with Crippen molar-refractivity contribution in [2.45, 2.75) is 38.1 Å². The predicted octanol–water partition coefficient (Wildman–Crippen LogP) is 3.87. The van der Waals surface area contributed by atoms with Crippen molar-refractivity contribution in [3.63, 3.8) is 0 Å². The first kappa shape index (κ1) is 16.3. The number of hydrogen-bond donors (Lipinski definition) is 2. The van der Waals surface area contributed by atoms with Crippen LogP contribution < -0.4 is 5.32 Å². The largest absolute Gasteiger partial charge is 0.481 e. The number of carbonyl (C=O) groups excluding carboxylic acids is 1. The lowest BCUT2D eigenvalue weighted by molar-refractivity contribution is -0.142. The van der Waals surface area contributed by atoms with Gasteiger partial charge in [-0.2, -0.15) is 0 Å². The van der Waals surface area contributed by atoms with E-state index in [1.807, 2.05) is 0 Å². The average Bonchev–Trinajstić information content (AvgIpc) is 2.67.